The summed E-state index contributed by atoms with van der Waals surface area (Å²) < 4.78 is 6.21. The van der Waals surface area contributed by atoms with E-state index in [1.54, 1.807) is 7.05 Å². The molecule has 10 nitrogen and oxygen atoms in total. The summed E-state index contributed by atoms with van der Waals surface area (Å²) in [6, 6.07) is 13.4. The third kappa shape index (κ3) is 8.41. The van der Waals surface area contributed by atoms with Gasteiger partial charge in [0.05, 0.1) is 22.5 Å². The predicted molar refractivity (Wildman–Crippen MR) is 195 cm³/mol. The number of benzene rings is 2. The van der Waals surface area contributed by atoms with E-state index >= 15 is 0 Å². The zero-order chi connectivity index (χ0) is 35.5. The number of rotatable bonds is 11. The number of halogens is 3. The van der Waals surface area contributed by atoms with Crippen LogP contribution >= 0.6 is 34.8 Å². The van der Waals surface area contributed by atoms with Gasteiger partial charge in [-0.2, -0.15) is 0 Å². The van der Waals surface area contributed by atoms with Crippen LogP contribution in [0.15, 0.2) is 48.7 Å². The highest BCUT2D eigenvalue weighted by Gasteiger charge is 2.43. The monoisotopic (exact) mass is 741 g/mol. The summed E-state index contributed by atoms with van der Waals surface area (Å²) >= 11 is 19.5. The van der Waals surface area contributed by atoms with Gasteiger partial charge in [-0.05, 0) is 79.1 Å². The molecule has 50 heavy (non-hydrogen) atoms. The predicted octanol–water partition coefficient (Wildman–Crippen LogP) is 6.96. The van der Waals surface area contributed by atoms with E-state index < -0.39 is 12.0 Å². The van der Waals surface area contributed by atoms with Gasteiger partial charge >= 0.3 is 6.09 Å². The van der Waals surface area contributed by atoms with Crippen molar-refractivity contribution in [3.05, 3.63) is 86.0 Å². The SMILES string of the molecule is CNC(=O)CCc1ccc(Cl)c(CN(C(=O)[C@@H]2CN(C(=O)O)CC[C@H]2c2ccc(N3CC[C@@H](Oc4c(Cl)cc(C)cc4Cl)C3)nc2)C2CC2)c1. The van der Waals surface area contributed by atoms with Crippen LogP contribution < -0.4 is 15.0 Å². The number of hydrogen-bond donors (Lipinski definition) is 2. The Kier molecular flexibility index (Phi) is 11.3. The van der Waals surface area contributed by atoms with E-state index in [-0.39, 0.29) is 36.4 Å². The zero-order valence-electron chi connectivity index (χ0n) is 28.2. The maximum atomic E-state index is 14.5. The van der Waals surface area contributed by atoms with Gasteiger partial charge in [-0.1, -0.05) is 53.0 Å². The molecule has 3 aliphatic rings. The first kappa shape index (κ1) is 36.1. The van der Waals surface area contributed by atoms with Gasteiger partial charge in [-0.15, -0.1) is 0 Å². The normalized spacial score (nSPS) is 20.5. The van der Waals surface area contributed by atoms with Crippen molar-refractivity contribution in [1.82, 2.24) is 20.1 Å². The number of amides is 3. The zero-order valence-corrected chi connectivity index (χ0v) is 30.5. The van der Waals surface area contributed by atoms with Gasteiger partial charge in [0.2, 0.25) is 11.8 Å². The molecule has 1 saturated carbocycles. The van der Waals surface area contributed by atoms with Crippen molar-refractivity contribution in [1.29, 1.82) is 0 Å². The molecule has 3 amide bonds. The van der Waals surface area contributed by atoms with Crippen LogP contribution in [0.1, 0.15) is 60.3 Å². The number of piperidine rings is 1. The molecule has 2 saturated heterocycles. The average Bonchev–Trinajstić information content (AvgIpc) is 3.84. The molecule has 0 unspecified atom stereocenters. The van der Waals surface area contributed by atoms with Crippen LogP contribution in [0, 0.1) is 12.8 Å². The first-order valence-electron chi connectivity index (χ1n) is 17.1. The Morgan fingerprint density at radius 1 is 0.980 bits per heavy atom. The molecule has 3 fully saturated rings. The third-order valence-corrected chi connectivity index (χ3v) is 10.9. The Labute approximate surface area is 307 Å². The number of carbonyl (C=O) groups is 3. The molecule has 1 aromatic heterocycles. The van der Waals surface area contributed by atoms with Crippen molar-refractivity contribution in [3.8, 4) is 5.75 Å². The van der Waals surface area contributed by atoms with E-state index in [2.05, 4.69) is 10.2 Å². The molecular formula is C37H42Cl3N5O5. The minimum absolute atomic E-state index is 0.0439. The van der Waals surface area contributed by atoms with E-state index in [1.165, 1.54) is 4.90 Å². The molecular weight excluding hydrogens is 701 g/mol. The lowest BCUT2D eigenvalue weighted by molar-refractivity contribution is -0.139. The summed E-state index contributed by atoms with van der Waals surface area (Å²) in [5.74, 6) is 0.406. The molecule has 0 radical (unpaired) electrons. The molecule has 2 aromatic carbocycles. The Morgan fingerprint density at radius 2 is 1.74 bits per heavy atom. The average molecular weight is 743 g/mol. The maximum absolute atomic E-state index is 14.5. The summed E-state index contributed by atoms with van der Waals surface area (Å²) in [6.07, 6.45) is 4.68. The van der Waals surface area contributed by atoms with Crippen LogP contribution in [0.5, 0.6) is 5.75 Å². The largest absolute Gasteiger partial charge is 0.485 e. The second-order valence-corrected chi connectivity index (χ2v) is 14.7. The first-order valence-corrected chi connectivity index (χ1v) is 18.2. The molecule has 1 aliphatic carbocycles. The van der Waals surface area contributed by atoms with Crippen LogP contribution in [0.4, 0.5) is 10.6 Å². The Bertz CT molecular complexity index is 1710. The molecule has 266 valence electrons. The second-order valence-electron chi connectivity index (χ2n) is 13.5. The number of pyridine rings is 1. The molecule has 3 aromatic rings. The summed E-state index contributed by atoms with van der Waals surface area (Å²) in [5, 5.41) is 14.1. The molecule has 13 heteroatoms. The van der Waals surface area contributed by atoms with Crippen LogP contribution in [-0.2, 0) is 22.6 Å². The molecule has 3 atom stereocenters. The second kappa shape index (κ2) is 15.7. The molecule has 2 N–H and O–H groups in total. The maximum Gasteiger partial charge on any atom is 0.407 e. The number of carbonyl (C=O) groups excluding carboxylic acids is 2. The van der Waals surface area contributed by atoms with E-state index in [9.17, 15) is 19.5 Å². The van der Waals surface area contributed by atoms with Gasteiger partial charge in [0.1, 0.15) is 11.9 Å². The minimum Gasteiger partial charge on any atom is -0.485 e. The van der Waals surface area contributed by atoms with Crippen LogP contribution in [0.3, 0.4) is 0 Å². The van der Waals surface area contributed by atoms with E-state index in [4.69, 9.17) is 44.5 Å². The van der Waals surface area contributed by atoms with Gasteiger partial charge in [0, 0.05) is 69.2 Å². The molecule has 6 rings (SSSR count). The molecule has 0 bridgehead atoms. The van der Waals surface area contributed by atoms with Crippen molar-refractivity contribution in [2.45, 2.75) is 70.1 Å². The first-order chi connectivity index (χ1) is 24.0. The van der Waals surface area contributed by atoms with Crippen molar-refractivity contribution >= 4 is 58.5 Å². The Balaban J connectivity index is 1.17. The lowest BCUT2D eigenvalue weighted by Gasteiger charge is -2.39. The van der Waals surface area contributed by atoms with Gasteiger partial charge < -0.3 is 29.9 Å². The number of ether oxygens (including phenoxy) is 1. The Hall–Kier alpha value is -3.73. The van der Waals surface area contributed by atoms with Gasteiger partial charge in [-0.25, -0.2) is 9.78 Å². The topological polar surface area (TPSA) is 115 Å². The quantitative estimate of drug-likeness (QED) is 0.218. The van der Waals surface area contributed by atoms with E-state index in [0.29, 0.717) is 59.7 Å². The van der Waals surface area contributed by atoms with Gasteiger partial charge in [-0.3, -0.25) is 9.59 Å². The lowest BCUT2D eigenvalue weighted by atomic mass is 9.80. The number of aromatic nitrogens is 1. The number of anilines is 1. The van der Waals surface area contributed by atoms with Crippen molar-refractivity contribution < 1.29 is 24.2 Å². The fraction of sp³-hybridized carbons (Fsp3) is 0.459. The minimum atomic E-state index is -1.03. The third-order valence-electron chi connectivity index (χ3n) is 9.94. The highest BCUT2D eigenvalue weighted by atomic mass is 35.5. The summed E-state index contributed by atoms with van der Waals surface area (Å²) in [7, 11) is 1.61. The van der Waals surface area contributed by atoms with Crippen LogP contribution in [0.2, 0.25) is 15.1 Å². The van der Waals surface area contributed by atoms with Gasteiger partial charge in [0.25, 0.3) is 0 Å². The summed E-state index contributed by atoms with van der Waals surface area (Å²) in [5.41, 5.74) is 3.66. The van der Waals surface area contributed by atoms with E-state index in [0.717, 1.165) is 53.9 Å². The van der Waals surface area contributed by atoms with Crippen LogP contribution in [-0.4, -0.2) is 83.2 Å². The molecule has 2 aliphatic heterocycles. The van der Waals surface area contributed by atoms with Crippen LogP contribution in [0.25, 0.3) is 0 Å². The summed E-state index contributed by atoms with van der Waals surface area (Å²) in [4.78, 5) is 48.6. The number of likely N-dealkylation sites (tertiary alicyclic amines) is 1. The van der Waals surface area contributed by atoms with Gasteiger partial charge in [0.15, 0.2) is 5.75 Å². The standard InChI is InChI=1S/C37H42Cl3N5O5/c1-22-15-31(39)35(32(40)16-22)50-27-11-13-43(20-27)33-9-5-24(18-42-33)28-12-14-44(37(48)49)21-29(28)36(47)45(26-6-7-26)19-25-17-23(3-8-30(25)38)4-10-34(46)41-2/h3,5,8-9,15-18,26-29H,4,6-7,10-14,19-21H2,1-2H3,(H,41,46)(H,48,49)/t27-,28+,29-/m1/s1. The van der Waals surface area contributed by atoms with Crippen molar-refractivity contribution in [3.63, 3.8) is 0 Å². The van der Waals surface area contributed by atoms with Crippen molar-refractivity contribution in [2.24, 2.45) is 5.92 Å². The number of nitrogens with one attached hydrogen (secondary N) is 1. The number of hydrogen-bond acceptors (Lipinski definition) is 6. The number of carboxylic acid groups (broad SMARTS) is 1. The fourth-order valence-electron chi connectivity index (χ4n) is 7.03. The summed E-state index contributed by atoms with van der Waals surface area (Å²) in [6.45, 7) is 4.07. The molecule has 3 heterocycles. The fourth-order valence-corrected chi connectivity index (χ4v) is 7.90. The molecule has 0 spiro atoms. The highest BCUT2D eigenvalue weighted by Crippen LogP contribution is 2.39. The number of nitrogens with zero attached hydrogens (tertiary/aromatic N) is 4. The smallest absolute Gasteiger partial charge is 0.407 e. The van der Waals surface area contributed by atoms with Crippen molar-refractivity contribution in [2.75, 3.05) is 38.1 Å². The highest BCUT2D eigenvalue weighted by molar-refractivity contribution is 6.37. The lowest BCUT2D eigenvalue weighted by Crippen LogP contribution is -2.49. The number of aryl methyl sites for hydroxylation is 2. The van der Waals surface area contributed by atoms with E-state index in [1.807, 2.05) is 60.5 Å². The Morgan fingerprint density at radius 3 is 2.40 bits per heavy atom.